The van der Waals surface area contributed by atoms with Gasteiger partial charge in [-0.25, -0.2) is 0 Å². The number of carbonyl (C=O) groups excluding carboxylic acids is 1. The molecule has 0 atom stereocenters. The van der Waals surface area contributed by atoms with Gasteiger partial charge in [-0.2, -0.15) is 4.98 Å². The minimum absolute atomic E-state index is 0.0775. The fourth-order valence-corrected chi connectivity index (χ4v) is 3.94. The van der Waals surface area contributed by atoms with E-state index in [1.165, 1.54) is 22.5 Å². The lowest BCUT2D eigenvalue weighted by molar-refractivity contribution is 0.102. The van der Waals surface area contributed by atoms with Crippen molar-refractivity contribution in [3.8, 4) is 11.4 Å². The van der Waals surface area contributed by atoms with E-state index in [9.17, 15) is 4.79 Å². The molecule has 7 heteroatoms. The van der Waals surface area contributed by atoms with Crippen LogP contribution in [0.1, 0.15) is 44.9 Å². The van der Waals surface area contributed by atoms with E-state index in [1.807, 2.05) is 24.6 Å². The number of aromatic nitrogens is 3. The number of fused-ring (bicyclic) bond motifs is 1. The Balaban J connectivity index is 1.64. The fraction of sp³-hybridized carbons (Fsp3) is 0.333. The second-order valence-corrected chi connectivity index (χ2v) is 7.12. The normalized spacial score (nSPS) is 13.7. The second-order valence-electron chi connectivity index (χ2n) is 6.21. The number of hydrogen-bond acceptors (Lipinski definition) is 7. The lowest BCUT2D eigenvalue weighted by Crippen LogP contribution is -2.24. The van der Waals surface area contributed by atoms with Crippen LogP contribution < -0.4 is 5.32 Å². The number of pyridine rings is 1. The summed E-state index contributed by atoms with van der Waals surface area (Å²) in [4.78, 5) is 21.2. The number of nitrogens with one attached hydrogen (secondary N) is 1. The summed E-state index contributed by atoms with van der Waals surface area (Å²) in [6.45, 7) is 5.31. The summed E-state index contributed by atoms with van der Waals surface area (Å²) in [6, 6.07) is 1.89. The summed E-state index contributed by atoms with van der Waals surface area (Å²) in [5.74, 6) is 1.23. The van der Waals surface area contributed by atoms with E-state index < -0.39 is 0 Å². The van der Waals surface area contributed by atoms with E-state index in [2.05, 4.69) is 20.4 Å². The zero-order valence-electron chi connectivity index (χ0n) is 14.1. The van der Waals surface area contributed by atoms with Crippen molar-refractivity contribution in [2.24, 2.45) is 0 Å². The van der Waals surface area contributed by atoms with Crippen molar-refractivity contribution in [2.75, 3.05) is 6.54 Å². The van der Waals surface area contributed by atoms with Crippen LogP contribution in [0.25, 0.3) is 11.4 Å². The number of rotatable bonds is 4. The molecule has 25 heavy (non-hydrogen) atoms. The molecule has 1 aliphatic rings. The van der Waals surface area contributed by atoms with Gasteiger partial charge in [0.1, 0.15) is 0 Å². The van der Waals surface area contributed by atoms with Crippen molar-refractivity contribution in [3.63, 3.8) is 0 Å². The Morgan fingerprint density at radius 1 is 1.44 bits per heavy atom. The summed E-state index contributed by atoms with van der Waals surface area (Å²) in [6.07, 6.45) is 3.39. The maximum Gasteiger partial charge on any atom is 0.231 e. The predicted octanol–water partition coefficient (Wildman–Crippen LogP) is 2.94. The minimum Gasteiger partial charge on any atom is -0.339 e. The number of thiophene rings is 1. The molecule has 0 unspecified atom stereocenters. The van der Waals surface area contributed by atoms with Gasteiger partial charge in [-0.15, -0.1) is 11.3 Å². The molecule has 0 amide bonds. The summed E-state index contributed by atoms with van der Waals surface area (Å²) >= 11 is 1.44. The SMILES string of the molecule is CC(=O)c1cc(Cc2nc(-c3c(C)ncc4c3CCNC4)no2)cs1. The summed E-state index contributed by atoms with van der Waals surface area (Å²) in [7, 11) is 0. The maximum absolute atomic E-state index is 11.4. The van der Waals surface area contributed by atoms with Crippen LogP contribution in [0.3, 0.4) is 0 Å². The summed E-state index contributed by atoms with van der Waals surface area (Å²) in [5, 5.41) is 9.50. The topological polar surface area (TPSA) is 80.9 Å². The molecule has 0 saturated carbocycles. The Morgan fingerprint density at radius 2 is 2.32 bits per heavy atom. The van der Waals surface area contributed by atoms with Crippen LogP contribution in [0, 0.1) is 6.92 Å². The monoisotopic (exact) mass is 354 g/mol. The maximum atomic E-state index is 11.4. The molecule has 6 nitrogen and oxygen atoms in total. The Labute approximate surface area is 149 Å². The predicted molar refractivity (Wildman–Crippen MR) is 94.8 cm³/mol. The van der Waals surface area contributed by atoms with Crippen LogP contribution in [0.4, 0.5) is 0 Å². The molecule has 0 saturated heterocycles. The molecule has 3 aromatic rings. The first kappa shape index (κ1) is 16.1. The lowest BCUT2D eigenvalue weighted by atomic mass is 9.95. The van der Waals surface area contributed by atoms with Crippen molar-refractivity contribution < 1.29 is 9.32 Å². The third kappa shape index (κ3) is 3.12. The number of nitrogens with zero attached hydrogens (tertiary/aromatic N) is 3. The standard InChI is InChI=1S/C18H18N4O2S/c1-10-17(14-3-4-19-7-13(14)8-20-10)18-21-16(24-22-18)6-12-5-15(11(2)23)25-9-12/h5,8-9,19H,3-4,6-7H2,1-2H3. The first-order valence-electron chi connectivity index (χ1n) is 8.21. The molecule has 0 radical (unpaired) electrons. The zero-order chi connectivity index (χ0) is 17.4. The number of aryl methyl sites for hydroxylation is 1. The van der Waals surface area contributed by atoms with E-state index in [-0.39, 0.29) is 5.78 Å². The third-order valence-electron chi connectivity index (χ3n) is 4.38. The highest BCUT2D eigenvalue weighted by Gasteiger charge is 2.21. The first-order chi connectivity index (χ1) is 12.1. The molecule has 4 rings (SSSR count). The summed E-state index contributed by atoms with van der Waals surface area (Å²) < 4.78 is 5.45. The van der Waals surface area contributed by atoms with Crippen molar-refractivity contribution >= 4 is 17.1 Å². The van der Waals surface area contributed by atoms with E-state index in [0.717, 1.165) is 41.2 Å². The quantitative estimate of drug-likeness (QED) is 0.726. The second kappa shape index (κ2) is 6.50. The van der Waals surface area contributed by atoms with Gasteiger partial charge >= 0.3 is 0 Å². The van der Waals surface area contributed by atoms with Crippen molar-refractivity contribution in [3.05, 3.63) is 50.8 Å². The van der Waals surface area contributed by atoms with Gasteiger partial charge < -0.3 is 9.84 Å². The lowest BCUT2D eigenvalue weighted by Gasteiger charge is -2.19. The van der Waals surface area contributed by atoms with Crippen LogP contribution in [-0.2, 0) is 19.4 Å². The Kier molecular flexibility index (Phi) is 4.19. The molecule has 0 fully saturated rings. The highest BCUT2D eigenvalue weighted by atomic mass is 32.1. The van der Waals surface area contributed by atoms with Gasteiger partial charge in [-0.05, 0) is 54.9 Å². The average Bonchev–Trinajstić information content (AvgIpc) is 3.25. The average molecular weight is 354 g/mol. The minimum atomic E-state index is 0.0775. The highest BCUT2D eigenvalue weighted by molar-refractivity contribution is 7.12. The molecule has 1 N–H and O–H groups in total. The van der Waals surface area contributed by atoms with Gasteiger partial charge in [0.25, 0.3) is 0 Å². The van der Waals surface area contributed by atoms with Crippen LogP contribution in [0.5, 0.6) is 0 Å². The molecule has 0 aliphatic carbocycles. The van der Waals surface area contributed by atoms with E-state index in [0.29, 0.717) is 18.1 Å². The summed E-state index contributed by atoms with van der Waals surface area (Å²) in [5.41, 5.74) is 5.38. The smallest absolute Gasteiger partial charge is 0.231 e. The molecular formula is C18H18N4O2S. The number of hydrogen-bond donors (Lipinski definition) is 1. The Bertz CT molecular complexity index is 944. The molecule has 0 bridgehead atoms. The van der Waals surface area contributed by atoms with Crippen molar-refractivity contribution in [1.29, 1.82) is 0 Å². The van der Waals surface area contributed by atoms with Crippen molar-refractivity contribution in [1.82, 2.24) is 20.4 Å². The fourth-order valence-electron chi connectivity index (χ4n) is 3.12. The molecule has 128 valence electrons. The van der Waals surface area contributed by atoms with Gasteiger partial charge in [0.05, 0.1) is 11.3 Å². The van der Waals surface area contributed by atoms with Crippen LogP contribution in [0.2, 0.25) is 0 Å². The van der Waals surface area contributed by atoms with Crippen LogP contribution in [0.15, 0.2) is 22.2 Å². The van der Waals surface area contributed by atoms with Gasteiger partial charge in [0, 0.05) is 24.0 Å². The van der Waals surface area contributed by atoms with E-state index >= 15 is 0 Å². The Hall–Kier alpha value is -2.38. The highest BCUT2D eigenvalue weighted by Crippen LogP contribution is 2.29. The van der Waals surface area contributed by atoms with Gasteiger partial charge in [-0.3, -0.25) is 9.78 Å². The Morgan fingerprint density at radius 3 is 3.12 bits per heavy atom. The molecule has 3 aromatic heterocycles. The van der Waals surface area contributed by atoms with Crippen molar-refractivity contribution in [2.45, 2.75) is 33.2 Å². The van der Waals surface area contributed by atoms with E-state index in [4.69, 9.17) is 4.52 Å². The van der Waals surface area contributed by atoms with E-state index in [1.54, 1.807) is 6.92 Å². The third-order valence-corrected chi connectivity index (χ3v) is 5.46. The zero-order valence-corrected chi connectivity index (χ0v) is 14.9. The number of Topliss-reactive ketones (excluding diaryl/α,β-unsaturated/α-hetero) is 1. The molecule has 4 heterocycles. The number of ketones is 1. The van der Waals surface area contributed by atoms with Gasteiger partial charge in [0.15, 0.2) is 5.78 Å². The molecule has 1 aliphatic heterocycles. The largest absolute Gasteiger partial charge is 0.339 e. The molecular weight excluding hydrogens is 336 g/mol. The van der Waals surface area contributed by atoms with Crippen LogP contribution in [-0.4, -0.2) is 27.5 Å². The van der Waals surface area contributed by atoms with Gasteiger partial charge in [-0.1, -0.05) is 5.16 Å². The molecule has 0 spiro atoms. The van der Waals surface area contributed by atoms with Gasteiger partial charge in [0.2, 0.25) is 11.7 Å². The molecule has 0 aromatic carbocycles. The van der Waals surface area contributed by atoms with Crippen LogP contribution >= 0.6 is 11.3 Å². The first-order valence-corrected chi connectivity index (χ1v) is 9.09. The number of carbonyl (C=O) groups is 1.